The van der Waals surface area contributed by atoms with E-state index in [-0.39, 0.29) is 11.7 Å². The average molecular weight is 335 g/mol. The van der Waals surface area contributed by atoms with Crippen LogP contribution in [-0.2, 0) is 4.79 Å². The SMILES string of the molecule is C=CC1=C(CC)C(=O)C(c2ccc3ccccc3n2)C1=C.CC.CC. The lowest BCUT2D eigenvalue weighted by atomic mass is 9.94. The van der Waals surface area contributed by atoms with Crippen molar-refractivity contribution in [2.24, 2.45) is 0 Å². The molecule has 0 radical (unpaired) electrons. The Balaban J connectivity index is 0.000000730. The van der Waals surface area contributed by atoms with E-state index in [4.69, 9.17) is 0 Å². The summed E-state index contributed by atoms with van der Waals surface area (Å²) >= 11 is 0. The molecule has 1 aromatic heterocycles. The van der Waals surface area contributed by atoms with Crippen molar-refractivity contribution in [2.75, 3.05) is 0 Å². The highest BCUT2D eigenvalue weighted by molar-refractivity contribution is 6.08. The van der Waals surface area contributed by atoms with E-state index >= 15 is 0 Å². The first-order valence-corrected chi connectivity index (χ1v) is 9.12. The second-order valence-electron chi connectivity index (χ2n) is 5.20. The summed E-state index contributed by atoms with van der Waals surface area (Å²) in [7, 11) is 0. The first-order valence-electron chi connectivity index (χ1n) is 9.12. The number of allylic oxidation sites excluding steroid dienone is 4. The maximum absolute atomic E-state index is 12.6. The van der Waals surface area contributed by atoms with Crippen molar-refractivity contribution in [3.05, 3.63) is 78.0 Å². The van der Waals surface area contributed by atoms with Crippen LogP contribution in [0, 0.1) is 0 Å². The van der Waals surface area contributed by atoms with Gasteiger partial charge in [-0.25, -0.2) is 0 Å². The Labute approximate surface area is 152 Å². The average Bonchev–Trinajstić information content (AvgIpc) is 2.93. The van der Waals surface area contributed by atoms with E-state index in [9.17, 15) is 4.79 Å². The molecule has 1 aromatic carbocycles. The van der Waals surface area contributed by atoms with Gasteiger partial charge < -0.3 is 0 Å². The third kappa shape index (κ3) is 3.96. The molecule has 0 aliphatic heterocycles. The summed E-state index contributed by atoms with van der Waals surface area (Å²) in [4.78, 5) is 17.3. The topological polar surface area (TPSA) is 30.0 Å². The van der Waals surface area contributed by atoms with Gasteiger partial charge in [0.2, 0.25) is 0 Å². The molecular formula is C23H29NO. The Bertz CT molecular complexity index is 799. The van der Waals surface area contributed by atoms with E-state index in [2.05, 4.69) is 18.1 Å². The van der Waals surface area contributed by atoms with Crippen LogP contribution in [0.4, 0.5) is 0 Å². The fraction of sp³-hybridized carbons (Fsp3) is 0.304. The molecule has 25 heavy (non-hydrogen) atoms. The molecule has 132 valence electrons. The number of carbonyl (C=O) groups is 1. The minimum atomic E-state index is -0.363. The minimum absolute atomic E-state index is 0.111. The van der Waals surface area contributed by atoms with Crippen LogP contribution in [-0.4, -0.2) is 10.8 Å². The van der Waals surface area contributed by atoms with Crippen LogP contribution in [0.5, 0.6) is 0 Å². The van der Waals surface area contributed by atoms with Crippen molar-refractivity contribution in [2.45, 2.75) is 47.0 Å². The van der Waals surface area contributed by atoms with Crippen molar-refractivity contribution in [3.8, 4) is 0 Å². The van der Waals surface area contributed by atoms with Gasteiger partial charge in [0.25, 0.3) is 0 Å². The molecule has 0 saturated heterocycles. The quantitative estimate of drug-likeness (QED) is 0.649. The summed E-state index contributed by atoms with van der Waals surface area (Å²) in [6, 6.07) is 11.8. The molecule has 0 bridgehead atoms. The lowest BCUT2D eigenvalue weighted by Crippen LogP contribution is -2.11. The Kier molecular flexibility index (Phi) is 8.00. The number of ketones is 1. The molecule has 0 spiro atoms. The second-order valence-corrected chi connectivity index (χ2v) is 5.20. The van der Waals surface area contributed by atoms with Crippen LogP contribution in [0.2, 0.25) is 0 Å². The number of Topliss-reactive ketones (excluding diaryl/α,β-unsaturated/α-hetero) is 1. The van der Waals surface area contributed by atoms with Crippen molar-refractivity contribution in [1.29, 1.82) is 0 Å². The van der Waals surface area contributed by atoms with Gasteiger partial charge in [-0.1, -0.05) is 78.1 Å². The van der Waals surface area contributed by atoms with E-state index in [1.807, 2.05) is 71.0 Å². The zero-order valence-electron chi connectivity index (χ0n) is 16.1. The third-order valence-corrected chi connectivity index (χ3v) is 4.05. The van der Waals surface area contributed by atoms with Gasteiger partial charge in [-0.2, -0.15) is 0 Å². The van der Waals surface area contributed by atoms with Gasteiger partial charge >= 0.3 is 0 Å². The smallest absolute Gasteiger partial charge is 0.172 e. The lowest BCUT2D eigenvalue weighted by molar-refractivity contribution is -0.115. The Morgan fingerprint density at radius 1 is 1.08 bits per heavy atom. The van der Waals surface area contributed by atoms with Gasteiger partial charge in [-0.05, 0) is 29.7 Å². The van der Waals surface area contributed by atoms with Gasteiger partial charge in [-0.15, -0.1) is 0 Å². The van der Waals surface area contributed by atoms with E-state index in [1.54, 1.807) is 6.08 Å². The normalized spacial score (nSPS) is 16.1. The maximum atomic E-state index is 12.6. The van der Waals surface area contributed by atoms with Gasteiger partial charge in [0.05, 0.1) is 17.1 Å². The molecule has 1 heterocycles. The molecule has 1 aliphatic carbocycles. The van der Waals surface area contributed by atoms with Crippen LogP contribution in [0.25, 0.3) is 10.9 Å². The van der Waals surface area contributed by atoms with Crippen molar-refractivity contribution in [3.63, 3.8) is 0 Å². The molecule has 0 saturated carbocycles. The van der Waals surface area contributed by atoms with E-state index in [1.165, 1.54) is 0 Å². The number of aromatic nitrogens is 1. The first-order chi connectivity index (χ1) is 12.2. The molecule has 1 aliphatic rings. The van der Waals surface area contributed by atoms with Crippen LogP contribution in [0.3, 0.4) is 0 Å². The van der Waals surface area contributed by atoms with Gasteiger partial charge in [0, 0.05) is 11.0 Å². The summed E-state index contributed by atoms with van der Waals surface area (Å²) in [5.41, 5.74) is 4.19. The predicted molar refractivity (Wildman–Crippen MR) is 109 cm³/mol. The van der Waals surface area contributed by atoms with Crippen molar-refractivity contribution in [1.82, 2.24) is 4.98 Å². The summed E-state index contributed by atoms with van der Waals surface area (Å²) in [5, 5.41) is 1.07. The predicted octanol–water partition coefficient (Wildman–Crippen LogP) is 6.40. The number of nitrogens with zero attached hydrogens (tertiary/aromatic N) is 1. The summed E-state index contributed by atoms with van der Waals surface area (Å²) < 4.78 is 0. The molecule has 1 atom stereocenters. The van der Waals surface area contributed by atoms with Crippen molar-refractivity contribution < 1.29 is 4.79 Å². The van der Waals surface area contributed by atoms with Crippen LogP contribution < -0.4 is 0 Å². The lowest BCUT2D eigenvalue weighted by Gasteiger charge is -2.11. The Morgan fingerprint density at radius 2 is 1.72 bits per heavy atom. The van der Waals surface area contributed by atoms with Gasteiger partial charge in [0.1, 0.15) is 0 Å². The number of fused-ring (bicyclic) bond motifs is 1. The molecule has 2 nitrogen and oxygen atoms in total. The van der Waals surface area contributed by atoms with Gasteiger partial charge in [0.15, 0.2) is 5.78 Å². The number of benzene rings is 1. The largest absolute Gasteiger partial charge is 0.293 e. The standard InChI is InChI=1S/C19H17NO.2C2H6/c1-4-14-12(3)18(19(21)15(14)5-2)17-11-10-13-8-6-7-9-16(13)20-17;2*1-2/h4,6-11,18H,1,3,5H2,2H3;2*1-2H3. The molecule has 0 amide bonds. The number of para-hydroxylation sites is 1. The number of pyridine rings is 1. The molecule has 0 N–H and O–H groups in total. The van der Waals surface area contributed by atoms with E-state index in [0.29, 0.717) is 6.42 Å². The van der Waals surface area contributed by atoms with E-state index in [0.717, 1.165) is 33.3 Å². The highest BCUT2D eigenvalue weighted by Crippen LogP contribution is 2.40. The van der Waals surface area contributed by atoms with E-state index < -0.39 is 0 Å². The molecule has 3 rings (SSSR count). The first kappa shape index (κ1) is 20.6. The third-order valence-electron chi connectivity index (χ3n) is 4.05. The number of hydrogen-bond donors (Lipinski definition) is 0. The van der Waals surface area contributed by atoms with Crippen LogP contribution >= 0.6 is 0 Å². The Hall–Kier alpha value is -2.48. The summed E-state index contributed by atoms with van der Waals surface area (Å²) in [6.07, 6.45) is 2.43. The van der Waals surface area contributed by atoms with Gasteiger partial charge in [-0.3, -0.25) is 9.78 Å². The maximum Gasteiger partial charge on any atom is 0.172 e. The summed E-state index contributed by atoms with van der Waals surface area (Å²) in [6.45, 7) is 17.9. The molecular weight excluding hydrogens is 306 g/mol. The monoisotopic (exact) mass is 335 g/mol. The minimum Gasteiger partial charge on any atom is -0.293 e. The zero-order chi connectivity index (χ0) is 19.0. The highest BCUT2D eigenvalue weighted by atomic mass is 16.1. The second kappa shape index (κ2) is 9.73. The summed E-state index contributed by atoms with van der Waals surface area (Å²) in [5.74, 6) is -0.252. The number of rotatable bonds is 3. The van der Waals surface area contributed by atoms with Crippen LogP contribution in [0.15, 0.2) is 72.4 Å². The van der Waals surface area contributed by atoms with Crippen LogP contribution in [0.1, 0.15) is 52.7 Å². The highest BCUT2D eigenvalue weighted by Gasteiger charge is 2.36. The zero-order valence-corrected chi connectivity index (χ0v) is 16.1. The van der Waals surface area contributed by atoms with Crippen molar-refractivity contribution >= 4 is 16.7 Å². The Morgan fingerprint density at radius 3 is 2.28 bits per heavy atom. The molecule has 2 aromatic rings. The fourth-order valence-corrected chi connectivity index (χ4v) is 2.99. The molecule has 1 unspecified atom stereocenters. The fourth-order valence-electron chi connectivity index (χ4n) is 2.99. The number of carbonyl (C=O) groups excluding carboxylic acids is 1. The molecule has 0 fully saturated rings. The number of hydrogen-bond acceptors (Lipinski definition) is 2. The molecule has 2 heteroatoms.